The van der Waals surface area contributed by atoms with Crippen molar-refractivity contribution in [1.82, 2.24) is 4.98 Å². The second kappa shape index (κ2) is 5.47. The molecule has 0 spiro atoms. The van der Waals surface area contributed by atoms with Crippen LogP contribution in [0.4, 0.5) is 0 Å². The molecule has 0 saturated carbocycles. The minimum Gasteiger partial charge on any atom is -0.478 e. The topological polar surface area (TPSA) is 50.2 Å². The lowest BCUT2D eigenvalue weighted by atomic mass is 10.0. The van der Waals surface area contributed by atoms with Crippen molar-refractivity contribution in [2.75, 3.05) is 0 Å². The van der Waals surface area contributed by atoms with Crippen LogP contribution in [0.2, 0.25) is 5.02 Å². The van der Waals surface area contributed by atoms with Gasteiger partial charge in [0.05, 0.1) is 16.8 Å². The molecule has 5 heteroatoms. The first kappa shape index (κ1) is 14.0. The highest BCUT2D eigenvalue weighted by atomic mass is 79.9. The van der Waals surface area contributed by atoms with Gasteiger partial charge in [-0.05, 0) is 30.3 Å². The molecule has 1 N–H and O–H groups in total. The number of carboxylic acids is 1. The number of nitrogens with zero attached hydrogens (tertiary/aromatic N) is 1. The van der Waals surface area contributed by atoms with Crippen LogP contribution in [0.15, 0.2) is 53.0 Å². The van der Waals surface area contributed by atoms with E-state index in [-0.39, 0.29) is 5.56 Å². The first-order valence-electron chi connectivity index (χ1n) is 6.14. The van der Waals surface area contributed by atoms with E-state index in [1.165, 1.54) is 0 Å². The van der Waals surface area contributed by atoms with Crippen molar-refractivity contribution in [3.63, 3.8) is 0 Å². The number of benzene rings is 2. The lowest BCUT2D eigenvalue weighted by molar-refractivity contribution is 0.0699. The smallest absolute Gasteiger partial charge is 0.336 e. The Labute approximate surface area is 134 Å². The molecule has 0 aliphatic carbocycles. The maximum absolute atomic E-state index is 11.5. The van der Waals surface area contributed by atoms with Gasteiger partial charge < -0.3 is 5.11 Å². The summed E-state index contributed by atoms with van der Waals surface area (Å²) in [7, 11) is 0. The number of aromatic nitrogens is 1. The highest BCUT2D eigenvalue weighted by Crippen LogP contribution is 2.28. The summed E-state index contributed by atoms with van der Waals surface area (Å²) >= 11 is 9.38. The van der Waals surface area contributed by atoms with E-state index in [0.29, 0.717) is 21.6 Å². The zero-order valence-corrected chi connectivity index (χ0v) is 13.0. The van der Waals surface area contributed by atoms with Crippen molar-refractivity contribution in [1.29, 1.82) is 0 Å². The van der Waals surface area contributed by atoms with Gasteiger partial charge in [-0.25, -0.2) is 9.78 Å². The number of fused-ring (bicyclic) bond motifs is 1. The summed E-state index contributed by atoms with van der Waals surface area (Å²) in [4.78, 5) is 16.0. The SMILES string of the molecule is O=C(O)c1cc(-c2cccc(Br)c2)nc2cc(Cl)ccc12. The Bertz CT molecular complexity index is 864. The summed E-state index contributed by atoms with van der Waals surface area (Å²) in [6.07, 6.45) is 0. The predicted molar refractivity (Wildman–Crippen MR) is 86.8 cm³/mol. The van der Waals surface area contributed by atoms with Crippen LogP contribution in [0, 0.1) is 0 Å². The number of pyridine rings is 1. The second-order valence-electron chi connectivity index (χ2n) is 4.53. The van der Waals surface area contributed by atoms with Crippen molar-refractivity contribution < 1.29 is 9.90 Å². The molecule has 3 rings (SSSR count). The number of carboxylic acid groups (broad SMARTS) is 1. The standard InChI is InChI=1S/C16H9BrClNO2/c17-10-3-1-2-9(6-10)14-8-13(16(20)21)12-5-4-11(18)7-15(12)19-14/h1-8H,(H,20,21). The van der Waals surface area contributed by atoms with Crippen molar-refractivity contribution in [3.05, 3.63) is 63.6 Å². The van der Waals surface area contributed by atoms with Gasteiger partial charge in [0.2, 0.25) is 0 Å². The Kier molecular flexibility index (Phi) is 3.66. The molecule has 21 heavy (non-hydrogen) atoms. The van der Waals surface area contributed by atoms with Gasteiger partial charge in [0.1, 0.15) is 0 Å². The van der Waals surface area contributed by atoms with Gasteiger partial charge in [0, 0.05) is 20.4 Å². The van der Waals surface area contributed by atoms with Gasteiger partial charge in [0.25, 0.3) is 0 Å². The van der Waals surface area contributed by atoms with Crippen molar-refractivity contribution >= 4 is 44.4 Å². The van der Waals surface area contributed by atoms with E-state index in [1.54, 1.807) is 24.3 Å². The molecular formula is C16H9BrClNO2. The van der Waals surface area contributed by atoms with E-state index in [4.69, 9.17) is 11.6 Å². The first-order chi connectivity index (χ1) is 10.0. The molecule has 0 aliphatic rings. The molecule has 104 valence electrons. The Morgan fingerprint density at radius 3 is 2.67 bits per heavy atom. The largest absolute Gasteiger partial charge is 0.478 e. The quantitative estimate of drug-likeness (QED) is 0.696. The van der Waals surface area contributed by atoms with E-state index in [9.17, 15) is 9.90 Å². The number of halogens is 2. The summed E-state index contributed by atoms with van der Waals surface area (Å²) in [5.74, 6) is -0.985. The van der Waals surface area contributed by atoms with Gasteiger partial charge in [-0.1, -0.05) is 45.7 Å². The van der Waals surface area contributed by atoms with Crippen LogP contribution in [-0.4, -0.2) is 16.1 Å². The molecule has 0 unspecified atom stereocenters. The number of hydrogen-bond acceptors (Lipinski definition) is 2. The van der Waals surface area contributed by atoms with Gasteiger partial charge in [-0.15, -0.1) is 0 Å². The predicted octanol–water partition coefficient (Wildman–Crippen LogP) is 5.02. The zero-order valence-electron chi connectivity index (χ0n) is 10.7. The molecule has 2 aromatic carbocycles. The van der Waals surface area contributed by atoms with Crippen molar-refractivity contribution in [2.24, 2.45) is 0 Å². The van der Waals surface area contributed by atoms with Gasteiger partial charge in [-0.2, -0.15) is 0 Å². The Balaban J connectivity index is 2.32. The highest BCUT2D eigenvalue weighted by Gasteiger charge is 2.13. The zero-order chi connectivity index (χ0) is 15.0. The first-order valence-corrected chi connectivity index (χ1v) is 7.31. The molecule has 0 bridgehead atoms. The normalized spacial score (nSPS) is 10.8. The summed E-state index contributed by atoms with van der Waals surface area (Å²) in [5, 5.41) is 10.5. The van der Waals surface area contributed by atoms with Crippen LogP contribution >= 0.6 is 27.5 Å². The molecule has 3 aromatic rings. The molecule has 1 heterocycles. The van der Waals surface area contributed by atoms with Crippen LogP contribution in [0.5, 0.6) is 0 Å². The van der Waals surface area contributed by atoms with E-state index in [1.807, 2.05) is 24.3 Å². The fourth-order valence-electron chi connectivity index (χ4n) is 2.17. The fraction of sp³-hybridized carbons (Fsp3) is 0. The van der Waals surface area contributed by atoms with Crippen LogP contribution in [0.1, 0.15) is 10.4 Å². The molecule has 0 aliphatic heterocycles. The van der Waals surface area contributed by atoms with E-state index >= 15 is 0 Å². The monoisotopic (exact) mass is 361 g/mol. The summed E-state index contributed by atoms with van der Waals surface area (Å²) < 4.78 is 0.907. The molecule has 1 aromatic heterocycles. The molecule has 0 atom stereocenters. The van der Waals surface area contributed by atoms with E-state index < -0.39 is 5.97 Å². The summed E-state index contributed by atoms with van der Waals surface area (Å²) in [6, 6.07) is 14.2. The molecule has 0 amide bonds. The maximum atomic E-state index is 11.5. The van der Waals surface area contributed by atoms with Crippen LogP contribution < -0.4 is 0 Å². The molecule has 0 radical (unpaired) electrons. The van der Waals surface area contributed by atoms with Crippen LogP contribution in [-0.2, 0) is 0 Å². The summed E-state index contributed by atoms with van der Waals surface area (Å²) in [6.45, 7) is 0. The minimum atomic E-state index is -0.985. The summed E-state index contributed by atoms with van der Waals surface area (Å²) in [5.41, 5.74) is 2.22. The van der Waals surface area contributed by atoms with Gasteiger partial charge in [-0.3, -0.25) is 0 Å². The van der Waals surface area contributed by atoms with Gasteiger partial charge >= 0.3 is 5.97 Å². The molecular weight excluding hydrogens is 354 g/mol. The van der Waals surface area contributed by atoms with Crippen molar-refractivity contribution in [3.8, 4) is 11.3 Å². The van der Waals surface area contributed by atoms with Crippen LogP contribution in [0.3, 0.4) is 0 Å². The molecule has 0 fully saturated rings. The number of hydrogen-bond donors (Lipinski definition) is 1. The van der Waals surface area contributed by atoms with Crippen molar-refractivity contribution in [2.45, 2.75) is 0 Å². The number of rotatable bonds is 2. The lowest BCUT2D eigenvalue weighted by Gasteiger charge is -2.08. The molecule has 3 nitrogen and oxygen atoms in total. The van der Waals surface area contributed by atoms with Crippen LogP contribution in [0.25, 0.3) is 22.2 Å². The Morgan fingerprint density at radius 1 is 1.14 bits per heavy atom. The average Bonchev–Trinajstić information content (AvgIpc) is 2.45. The number of aromatic carboxylic acids is 1. The van der Waals surface area contributed by atoms with Gasteiger partial charge in [0.15, 0.2) is 0 Å². The second-order valence-corrected chi connectivity index (χ2v) is 5.88. The Hall–Kier alpha value is -1.91. The highest BCUT2D eigenvalue weighted by molar-refractivity contribution is 9.10. The third-order valence-electron chi connectivity index (χ3n) is 3.12. The lowest BCUT2D eigenvalue weighted by Crippen LogP contribution is -2.00. The van der Waals surface area contributed by atoms with E-state index in [0.717, 1.165) is 10.0 Å². The third-order valence-corrected chi connectivity index (χ3v) is 3.85. The third kappa shape index (κ3) is 2.77. The average molecular weight is 363 g/mol. The minimum absolute atomic E-state index is 0.214. The molecule has 0 saturated heterocycles. The fourth-order valence-corrected chi connectivity index (χ4v) is 2.74. The number of carbonyl (C=O) groups is 1. The van der Waals surface area contributed by atoms with E-state index in [2.05, 4.69) is 20.9 Å². The maximum Gasteiger partial charge on any atom is 0.336 e. The Morgan fingerprint density at radius 2 is 1.95 bits per heavy atom.